The highest BCUT2D eigenvalue weighted by Crippen LogP contribution is 2.17. The first kappa shape index (κ1) is 14.5. The molecular weight excluding hydrogens is 236 g/mol. The van der Waals surface area contributed by atoms with E-state index in [1.165, 1.54) is 0 Å². The van der Waals surface area contributed by atoms with Crippen LogP contribution < -0.4 is 11.3 Å². The Balaban J connectivity index is 2.56. The zero-order valence-corrected chi connectivity index (χ0v) is 11.4. The third kappa shape index (κ3) is 5.50. The van der Waals surface area contributed by atoms with Gasteiger partial charge in [0, 0.05) is 11.1 Å². The van der Waals surface area contributed by atoms with Crippen LogP contribution in [0, 0.1) is 0 Å². The van der Waals surface area contributed by atoms with Crippen LogP contribution >= 0.6 is 11.6 Å². The van der Waals surface area contributed by atoms with Crippen molar-refractivity contribution in [3.05, 3.63) is 34.9 Å². The summed E-state index contributed by atoms with van der Waals surface area (Å²) in [5.41, 5.74) is 3.69. The van der Waals surface area contributed by atoms with Gasteiger partial charge in [-0.15, -0.1) is 0 Å². The van der Waals surface area contributed by atoms with Gasteiger partial charge in [0.25, 0.3) is 0 Å². The Morgan fingerprint density at radius 1 is 1.35 bits per heavy atom. The van der Waals surface area contributed by atoms with E-state index in [9.17, 15) is 0 Å². The molecule has 0 amide bonds. The zero-order chi connectivity index (χ0) is 12.9. The van der Waals surface area contributed by atoms with Gasteiger partial charge in [0.2, 0.25) is 0 Å². The minimum atomic E-state index is -0.157. The van der Waals surface area contributed by atoms with E-state index in [1.807, 2.05) is 45.0 Å². The minimum absolute atomic E-state index is 0.0640. The van der Waals surface area contributed by atoms with Crippen LogP contribution in [-0.4, -0.2) is 18.2 Å². The molecule has 3 N–H and O–H groups in total. The fourth-order valence-electron chi connectivity index (χ4n) is 1.45. The Kier molecular flexibility index (Phi) is 5.40. The molecule has 1 aromatic carbocycles. The van der Waals surface area contributed by atoms with E-state index >= 15 is 0 Å². The number of benzene rings is 1. The van der Waals surface area contributed by atoms with Crippen molar-refractivity contribution in [2.24, 2.45) is 5.84 Å². The number of nitrogens with two attached hydrogens (primary N) is 1. The van der Waals surface area contributed by atoms with E-state index in [0.717, 1.165) is 17.0 Å². The van der Waals surface area contributed by atoms with Gasteiger partial charge in [-0.25, -0.2) is 0 Å². The topological polar surface area (TPSA) is 47.3 Å². The highest BCUT2D eigenvalue weighted by Gasteiger charge is 2.15. The number of rotatable bonds is 5. The first-order valence-corrected chi connectivity index (χ1v) is 6.13. The standard InChI is InChI=1S/C13H21ClN2O/c1-13(2,3)17-9-11(16-15)8-10-6-4-5-7-12(10)14/h4-7,11,16H,8-9,15H2,1-3H3. The van der Waals surface area contributed by atoms with E-state index in [1.54, 1.807) is 0 Å². The lowest BCUT2D eigenvalue weighted by Crippen LogP contribution is -2.42. The first-order chi connectivity index (χ1) is 7.92. The number of hydrazine groups is 1. The lowest BCUT2D eigenvalue weighted by atomic mass is 10.1. The molecule has 1 aromatic rings. The van der Waals surface area contributed by atoms with Gasteiger partial charge in [0.1, 0.15) is 0 Å². The van der Waals surface area contributed by atoms with E-state index in [2.05, 4.69) is 5.43 Å². The van der Waals surface area contributed by atoms with Crippen LogP contribution in [0.4, 0.5) is 0 Å². The molecule has 0 aliphatic heterocycles. The molecule has 0 radical (unpaired) electrons. The molecule has 0 aliphatic carbocycles. The van der Waals surface area contributed by atoms with Crippen molar-refractivity contribution in [2.75, 3.05) is 6.61 Å². The summed E-state index contributed by atoms with van der Waals surface area (Å²) < 4.78 is 5.71. The summed E-state index contributed by atoms with van der Waals surface area (Å²) in [5.74, 6) is 5.53. The Morgan fingerprint density at radius 3 is 2.53 bits per heavy atom. The molecular formula is C13H21ClN2O. The molecule has 0 saturated carbocycles. The number of hydrogen-bond donors (Lipinski definition) is 2. The molecule has 0 spiro atoms. The monoisotopic (exact) mass is 256 g/mol. The third-order valence-corrected chi connectivity index (χ3v) is 2.75. The Morgan fingerprint density at radius 2 is 2.00 bits per heavy atom. The molecule has 0 heterocycles. The molecule has 1 unspecified atom stereocenters. The average Bonchev–Trinajstić information content (AvgIpc) is 2.25. The second kappa shape index (κ2) is 6.36. The number of halogens is 1. The van der Waals surface area contributed by atoms with Crippen molar-refractivity contribution in [3.8, 4) is 0 Å². The number of hydrogen-bond acceptors (Lipinski definition) is 3. The summed E-state index contributed by atoms with van der Waals surface area (Å²) in [4.78, 5) is 0. The fraction of sp³-hybridized carbons (Fsp3) is 0.538. The Hall–Kier alpha value is -0.610. The maximum atomic E-state index is 6.11. The summed E-state index contributed by atoms with van der Waals surface area (Å²) in [5, 5.41) is 0.767. The minimum Gasteiger partial charge on any atom is -0.374 e. The van der Waals surface area contributed by atoms with Crippen LogP contribution in [0.2, 0.25) is 5.02 Å². The van der Waals surface area contributed by atoms with Gasteiger partial charge in [-0.3, -0.25) is 11.3 Å². The SMILES string of the molecule is CC(C)(C)OCC(Cc1ccccc1Cl)NN. The molecule has 1 rings (SSSR count). The van der Waals surface area contributed by atoms with Gasteiger partial charge in [-0.05, 0) is 38.8 Å². The largest absolute Gasteiger partial charge is 0.374 e. The quantitative estimate of drug-likeness (QED) is 0.629. The van der Waals surface area contributed by atoms with Crippen LogP contribution in [0.15, 0.2) is 24.3 Å². The van der Waals surface area contributed by atoms with Gasteiger partial charge in [-0.2, -0.15) is 0 Å². The van der Waals surface area contributed by atoms with Gasteiger partial charge in [-0.1, -0.05) is 29.8 Å². The van der Waals surface area contributed by atoms with Gasteiger partial charge in [0.05, 0.1) is 12.2 Å². The maximum Gasteiger partial charge on any atom is 0.0643 e. The smallest absolute Gasteiger partial charge is 0.0643 e. The normalized spacial score (nSPS) is 13.7. The van der Waals surface area contributed by atoms with Crippen molar-refractivity contribution in [1.29, 1.82) is 0 Å². The van der Waals surface area contributed by atoms with Crippen LogP contribution in [0.25, 0.3) is 0 Å². The van der Waals surface area contributed by atoms with Gasteiger partial charge >= 0.3 is 0 Å². The van der Waals surface area contributed by atoms with Crippen molar-refractivity contribution < 1.29 is 4.74 Å². The molecule has 96 valence electrons. The van der Waals surface area contributed by atoms with Gasteiger partial charge < -0.3 is 4.74 Å². The lowest BCUT2D eigenvalue weighted by Gasteiger charge is -2.24. The third-order valence-electron chi connectivity index (χ3n) is 2.38. The van der Waals surface area contributed by atoms with E-state index in [4.69, 9.17) is 22.2 Å². The summed E-state index contributed by atoms with van der Waals surface area (Å²) in [6, 6.07) is 7.84. The zero-order valence-electron chi connectivity index (χ0n) is 10.7. The molecule has 0 bridgehead atoms. The van der Waals surface area contributed by atoms with Crippen LogP contribution in [0.1, 0.15) is 26.3 Å². The lowest BCUT2D eigenvalue weighted by molar-refractivity contribution is -0.0143. The highest BCUT2D eigenvalue weighted by molar-refractivity contribution is 6.31. The summed E-state index contributed by atoms with van der Waals surface area (Å²) in [7, 11) is 0. The highest BCUT2D eigenvalue weighted by atomic mass is 35.5. The Labute approximate surface area is 108 Å². The average molecular weight is 257 g/mol. The molecule has 17 heavy (non-hydrogen) atoms. The summed E-state index contributed by atoms with van der Waals surface area (Å²) >= 11 is 6.11. The molecule has 0 aromatic heterocycles. The van der Waals surface area contributed by atoms with E-state index < -0.39 is 0 Å². The van der Waals surface area contributed by atoms with Crippen LogP contribution in [0.3, 0.4) is 0 Å². The number of ether oxygens (including phenoxy) is 1. The molecule has 0 aliphatic rings. The van der Waals surface area contributed by atoms with Crippen molar-refractivity contribution in [3.63, 3.8) is 0 Å². The number of nitrogens with one attached hydrogen (secondary N) is 1. The second-order valence-corrected chi connectivity index (χ2v) is 5.49. The molecule has 0 saturated heterocycles. The van der Waals surface area contributed by atoms with E-state index in [-0.39, 0.29) is 11.6 Å². The fourth-order valence-corrected chi connectivity index (χ4v) is 1.66. The summed E-state index contributed by atoms with van der Waals surface area (Å²) in [6.07, 6.45) is 0.756. The van der Waals surface area contributed by atoms with Crippen molar-refractivity contribution >= 4 is 11.6 Å². The molecule has 1 atom stereocenters. The predicted molar refractivity (Wildman–Crippen MR) is 72.0 cm³/mol. The maximum absolute atomic E-state index is 6.11. The van der Waals surface area contributed by atoms with Crippen molar-refractivity contribution in [1.82, 2.24) is 5.43 Å². The summed E-state index contributed by atoms with van der Waals surface area (Å²) in [6.45, 7) is 6.63. The van der Waals surface area contributed by atoms with Crippen LogP contribution in [-0.2, 0) is 11.2 Å². The molecule has 0 fully saturated rings. The second-order valence-electron chi connectivity index (χ2n) is 5.08. The predicted octanol–water partition coefficient (Wildman–Crippen LogP) is 2.53. The molecule has 4 heteroatoms. The van der Waals surface area contributed by atoms with Crippen molar-refractivity contribution in [2.45, 2.75) is 38.8 Å². The molecule has 3 nitrogen and oxygen atoms in total. The van der Waals surface area contributed by atoms with Gasteiger partial charge in [0.15, 0.2) is 0 Å². The van der Waals surface area contributed by atoms with E-state index in [0.29, 0.717) is 6.61 Å². The first-order valence-electron chi connectivity index (χ1n) is 5.76. The Bertz CT molecular complexity index is 350. The van der Waals surface area contributed by atoms with Crippen LogP contribution in [0.5, 0.6) is 0 Å².